The Hall–Kier alpha value is -1.35. The molecule has 1 saturated heterocycles. The Morgan fingerprint density at radius 2 is 2.20 bits per heavy atom. The molecule has 1 unspecified atom stereocenters. The maximum atomic E-state index is 11.9. The second kappa shape index (κ2) is 9.38. The van der Waals surface area contributed by atoms with E-state index in [1.165, 1.54) is 11.3 Å². The van der Waals surface area contributed by atoms with Gasteiger partial charge in [-0.1, -0.05) is 18.2 Å². The van der Waals surface area contributed by atoms with Crippen molar-refractivity contribution in [2.45, 2.75) is 12.8 Å². The Bertz CT molecular complexity index is 615. The van der Waals surface area contributed by atoms with E-state index >= 15 is 0 Å². The molecule has 0 bridgehead atoms. The van der Waals surface area contributed by atoms with Crippen molar-refractivity contribution in [1.29, 1.82) is 0 Å². The van der Waals surface area contributed by atoms with Gasteiger partial charge in [0.15, 0.2) is 5.96 Å². The quantitative estimate of drug-likeness (QED) is 0.425. The fraction of sp³-hybridized carbons (Fsp3) is 0.556. The molecule has 0 aliphatic carbocycles. The number of anilines is 1. The zero-order chi connectivity index (χ0) is 16.9. The van der Waals surface area contributed by atoms with Gasteiger partial charge in [-0.3, -0.25) is 4.79 Å². The molecule has 3 rings (SSSR count). The van der Waals surface area contributed by atoms with Gasteiger partial charge in [0, 0.05) is 45.4 Å². The first-order chi connectivity index (χ1) is 11.6. The molecule has 25 heavy (non-hydrogen) atoms. The van der Waals surface area contributed by atoms with Gasteiger partial charge in [0.1, 0.15) is 6.54 Å². The van der Waals surface area contributed by atoms with E-state index in [9.17, 15) is 4.79 Å². The minimum absolute atomic E-state index is 0. The van der Waals surface area contributed by atoms with Crippen LogP contribution in [0, 0.1) is 5.92 Å². The number of nitrogens with zero attached hydrogens (tertiary/aromatic N) is 3. The number of carbonyl (C=O) groups excluding carboxylic acids is 1. The molecule has 0 spiro atoms. The van der Waals surface area contributed by atoms with Gasteiger partial charge in [0.05, 0.1) is 6.61 Å². The number of fused-ring (bicyclic) bond motifs is 1. The molecule has 7 heteroatoms. The first kappa shape index (κ1) is 20.0. The first-order valence-corrected chi connectivity index (χ1v) is 8.57. The van der Waals surface area contributed by atoms with Gasteiger partial charge in [-0.05, 0) is 24.5 Å². The Labute approximate surface area is 166 Å². The number of aliphatic imine (C=N–C) groups is 1. The Morgan fingerprint density at radius 3 is 2.92 bits per heavy atom. The largest absolute Gasteiger partial charge is 0.381 e. The highest BCUT2D eigenvalue weighted by Crippen LogP contribution is 2.27. The summed E-state index contributed by atoms with van der Waals surface area (Å²) in [5.74, 6) is 1.31. The molecule has 0 saturated carbocycles. The molecular formula is C18H27IN4O2. The summed E-state index contributed by atoms with van der Waals surface area (Å²) in [7, 11) is 3.51. The van der Waals surface area contributed by atoms with Crippen molar-refractivity contribution in [3.05, 3.63) is 29.8 Å². The number of rotatable bonds is 4. The van der Waals surface area contributed by atoms with Gasteiger partial charge in [0.2, 0.25) is 5.91 Å². The maximum absolute atomic E-state index is 11.9. The third-order valence-corrected chi connectivity index (χ3v) is 4.58. The number of amides is 1. The number of hydrogen-bond acceptors (Lipinski definition) is 3. The van der Waals surface area contributed by atoms with Crippen LogP contribution in [0.3, 0.4) is 0 Å². The fourth-order valence-electron chi connectivity index (χ4n) is 3.06. The van der Waals surface area contributed by atoms with Crippen molar-refractivity contribution in [2.75, 3.05) is 51.8 Å². The molecule has 0 radical (unpaired) electrons. The second-order valence-electron chi connectivity index (χ2n) is 6.57. The van der Waals surface area contributed by atoms with E-state index < -0.39 is 0 Å². The zero-order valence-corrected chi connectivity index (χ0v) is 17.2. The molecule has 1 N–H and O–H groups in total. The van der Waals surface area contributed by atoms with Crippen molar-refractivity contribution < 1.29 is 9.53 Å². The predicted molar refractivity (Wildman–Crippen MR) is 111 cm³/mol. The standard InChI is InChI=1S/C18H26N4O2.HI/c1-21(2)17(23)12-20-18(19-11-14-8-10-24-13-14)22-9-7-15-5-3-4-6-16(15)22;/h3-6,14H,7-13H2,1-2H3,(H,19,20);1H. The normalized spacial score (nSPS) is 19.4. The molecule has 2 aliphatic rings. The molecule has 1 fully saturated rings. The summed E-state index contributed by atoms with van der Waals surface area (Å²) in [6.45, 7) is 3.52. The first-order valence-electron chi connectivity index (χ1n) is 8.57. The summed E-state index contributed by atoms with van der Waals surface area (Å²) in [5, 5.41) is 3.46. The van der Waals surface area contributed by atoms with Gasteiger partial charge in [-0.2, -0.15) is 0 Å². The van der Waals surface area contributed by atoms with Crippen molar-refractivity contribution in [2.24, 2.45) is 10.9 Å². The Kier molecular flexibility index (Phi) is 7.49. The molecular weight excluding hydrogens is 431 g/mol. The number of nitrogens with one attached hydrogen (secondary N) is 1. The second-order valence-corrected chi connectivity index (χ2v) is 6.57. The van der Waals surface area contributed by atoms with Gasteiger partial charge in [0.25, 0.3) is 0 Å². The topological polar surface area (TPSA) is 57.2 Å². The number of halogens is 1. The van der Waals surface area contributed by atoms with E-state index in [-0.39, 0.29) is 36.4 Å². The summed E-state index contributed by atoms with van der Waals surface area (Å²) in [6.07, 6.45) is 2.08. The smallest absolute Gasteiger partial charge is 0.243 e. The van der Waals surface area contributed by atoms with E-state index in [0.29, 0.717) is 5.92 Å². The number of guanidine groups is 1. The van der Waals surface area contributed by atoms with Crippen LogP contribution in [0.15, 0.2) is 29.3 Å². The van der Waals surface area contributed by atoms with Gasteiger partial charge in [-0.25, -0.2) is 4.99 Å². The summed E-state index contributed by atoms with van der Waals surface area (Å²) in [5.41, 5.74) is 2.51. The lowest BCUT2D eigenvalue weighted by Crippen LogP contribution is -2.43. The van der Waals surface area contributed by atoms with Crippen LogP contribution in [0.1, 0.15) is 12.0 Å². The van der Waals surface area contributed by atoms with Crippen LogP contribution in [0.25, 0.3) is 0 Å². The van der Waals surface area contributed by atoms with E-state index in [0.717, 1.165) is 45.1 Å². The molecule has 6 nitrogen and oxygen atoms in total. The summed E-state index contributed by atoms with van der Waals surface area (Å²) >= 11 is 0. The lowest BCUT2D eigenvalue weighted by atomic mass is 10.1. The van der Waals surface area contributed by atoms with Crippen molar-refractivity contribution in [1.82, 2.24) is 10.2 Å². The zero-order valence-electron chi connectivity index (χ0n) is 14.9. The van der Waals surface area contributed by atoms with Gasteiger partial charge >= 0.3 is 0 Å². The molecule has 2 heterocycles. The number of carbonyl (C=O) groups is 1. The van der Waals surface area contributed by atoms with Gasteiger partial charge in [-0.15, -0.1) is 24.0 Å². The van der Waals surface area contributed by atoms with Crippen molar-refractivity contribution in [3.8, 4) is 0 Å². The van der Waals surface area contributed by atoms with Crippen LogP contribution in [-0.2, 0) is 16.0 Å². The van der Waals surface area contributed by atoms with Crippen LogP contribution >= 0.6 is 24.0 Å². The molecule has 138 valence electrons. The van der Waals surface area contributed by atoms with Crippen LogP contribution in [0.2, 0.25) is 0 Å². The highest BCUT2D eigenvalue weighted by molar-refractivity contribution is 14.0. The molecule has 0 aromatic heterocycles. The highest BCUT2D eigenvalue weighted by Gasteiger charge is 2.24. The molecule has 1 amide bonds. The predicted octanol–water partition coefficient (Wildman–Crippen LogP) is 1.74. The third kappa shape index (κ3) is 5.07. The summed E-state index contributed by atoms with van der Waals surface area (Å²) in [6, 6.07) is 8.39. The van der Waals surface area contributed by atoms with Crippen LogP contribution in [0.4, 0.5) is 5.69 Å². The minimum atomic E-state index is 0. The lowest BCUT2D eigenvalue weighted by molar-refractivity contribution is -0.127. The Morgan fingerprint density at radius 1 is 1.40 bits per heavy atom. The molecule has 1 aromatic carbocycles. The monoisotopic (exact) mass is 458 g/mol. The molecule has 1 atom stereocenters. The Balaban J connectivity index is 0.00000225. The lowest BCUT2D eigenvalue weighted by Gasteiger charge is -2.24. The number of hydrogen-bond donors (Lipinski definition) is 1. The van der Waals surface area contributed by atoms with Crippen molar-refractivity contribution in [3.63, 3.8) is 0 Å². The van der Waals surface area contributed by atoms with Gasteiger partial charge < -0.3 is 19.9 Å². The minimum Gasteiger partial charge on any atom is -0.381 e. The SMILES string of the molecule is CN(C)C(=O)CN=C(NCC1CCOC1)N1CCc2ccccc21.I. The van der Waals surface area contributed by atoms with E-state index in [1.54, 1.807) is 19.0 Å². The average Bonchev–Trinajstić information content (AvgIpc) is 3.24. The van der Waals surface area contributed by atoms with E-state index in [2.05, 4.69) is 33.4 Å². The number of likely N-dealkylation sites (N-methyl/N-ethyl adjacent to an activating group) is 1. The molecule has 2 aliphatic heterocycles. The molecule has 1 aromatic rings. The number of benzene rings is 1. The number of ether oxygens (including phenoxy) is 1. The van der Waals surface area contributed by atoms with Crippen LogP contribution in [0.5, 0.6) is 0 Å². The average molecular weight is 458 g/mol. The van der Waals surface area contributed by atoms with Crippen LogP contribution < -0.4 is 10.2 Å². The maximum Gasteiger partial charge on any atom is 0.243 e. The van der Waals surface area contributed by atoms with E-state index in [1.807, 2.05) is 6.07 Å². The summed E-state index contributed by atoms with van der Waals surface area (Å²) < 4.78 is 5.45. The number of para-hydroxylation sites is 1. The van der Waals surface area contributed by atoms with Crippen molar-refractivity contribution >= 4 is 41.5 Å². The fourth-order valence-corrected chi connectivity index (χ4v) is 3.06. The van der Waals surface area contributed by atoms with Crippen LogP contribution in [-0.4, -0.2) is 63.7 Å². The third-order valence-electron chi connectivity index (χ3n) is 4.58. The summed E-state index contributed by atoms with van der Waals surface area (Å²) in [4.78, 5) is 20.3. The highest BCUT2D eigenvalue weighted by atomic mass is 127. The van der Waals surface area contributed by atoms with E-state index in [4.69, 9.17) is 4.74 Å².